The third-order valence-corrected chi connectivity index (χ3v) is 6.55. The van der Waals surface area contributed by atoms with Crippen LogP contribution >= 0.6 is 0 Å². The molecule has 1 heterocycles. The average molecular weight is 462 g/mol. The van der Waals surface area contributed by atoms with Gasteiger partial charge in [0.2, 0.25) is 0 Å². The fourth-order valence-corrected chi connectivity index (χ4v) is 4.98. The van der Waals surface area contributed by atoms with Crippen LogP contribution in [0, 0.1) is 11.3 Å². The Bertz CT molecular complexity index is 1160. The van der Waals surface area contributed by atoms with Crippen molar-refractivity contribution in [2.75, 3.05) is 14.2 Å². The van der Waals surface area contributed by atoms with Gasteiger partial charge in [0, 0.05) is 29.3 Å². The van der Waals surface area contributed by atoms with Gasteiger partial charge in [-0.25, -0.2) is 0 Å². The number of nitrogens with zero attached hydrogens (tertiary/aromatic N) is 1. The van der Waals surface area contributed by atoms with Gasteiger partial charge < -0.3 is 14.2 Å². The summed E-state index contributed by atoms with van der Waals surface area (Å²) in [6.07, 6.45) is 1.09. The summed E-state index contributed by atoms with van der Waals surface area (Å²) in [6, 6.07) is 15.1. The SMILES string of the molecule is COc1ccc([C@@H]2C3=C(CC(C)(C)CC3=O)N=C(C)C2C(=O)OCc2ccccc2)cc1OC. The van der Waals surface area contributed by atoms with Crippen molar-refractivity contribution in [3.05, 3.63) is 70.9 Å². The number of methoxy groups -OCH3 is 2. The number of esters is 1. The van der Waals surface area contributed by atoms with Crippen molar-refractivity contribution in [2.24, 2.45) is 16.3 Å². The summed E-state index contributed by atoms with van der Waals surface area (Å²) in [7, 11) is 3.14. The van der Waals surface area contributed by atoms with Gasteiger partial charge in [0.25, 0.3) is 0 Å². The molecule has 6 nitrogen and oxygen atoms in total. The first-order chi connectivity index (χ1) is 16.2. The first-order valence-electron chi connectivity index (χ1n) is 11.5. The molecule has 0 saturated carbocycles. The van der Waals surface area contributed by atoms with E-state index in [0.29, 0.717) is 35.6 Å². The van der Waals surface area contributed by atoms with Gasteiger partial charge in [-0.2, -0.15) is 0 Å². The van der Waals surface area contributed by atoms with Gasteiger partial charge in [0.05, 0.1) is 14.2 Å². The first-order valence-corrected chi connectivity index (χ1v) is 11.5. The molecule has 2 atom stereocenters. The molecule has 0 saturated heterocycles. The van der Waals surface area contributed by atoms with Gasteiger partial charge in [0.15, 0.2) is 17.3 Å². The van der Waals surface area contributed by atoms with E-state index in [4.69, 9.17) is 19.2 Å². The normalized spacial score (nSPS) is 21.4. The number of hydrogen-bond donors (Lipinski definition) is 0. The number of carbonyl (C=O) groups is 2. The number of hydrogen-bond acceptors (Lipinski definition) is 6. The minimum atomic E-state index is -0.703. The van der Waals surface area contributed by atoms with E-state index in [-0.39, 0.29) is 17.8 Å². The van der Waals surface area contributed by atoms with Crippen molar-refractivity contribution in [2.45, 2.75) is 46.1 Å². The molecule has 1 aliphatic carbocycles. The molecule has 6 heteroatoms. The molecule has 0 amide bonds. The van der Waals surface area contributed by atoms with Crippen LogP contribution in [0.3, 0.4) is 0 Å². The lowest BCUT2D eigenvalue weighted by Gasteiger charge is -2.39. The summed E-state index contributed by atoms with van der Waals surface area (Å²) in [4.78, 5) is 31.7. The topological polar surface area (TPSA) is 74.2 Å². The summed E-state index contributed by atoms with van der Waals surface area (Å²) in [5, 5.41) is 0. The second-order valence-electron chi connectivity index (χ2n) is 9.72. The molecule has 2 aromatic carbocycles. The average Bonchev–Trinajstić information content (AvgIpc) is 2.81. The van der Waals surface area contributed by atoms with E-state index in [0.717, 1.165) is 16.8 Å². The van der Waals surface area contributed by atoms with Crippen LogP contribution in [0.25, 0.3) is 0 Å². The highest BCUT2D eigenvalue weighted by atomic mass is 16.5. The third-order valence-electron chi connectivity index (χ3n) is 6.55. The van der Waals surface area contributed by atoms with E-state index in [1.807, 2.05) is 49.4 Å². The smallest absolute Gasteiger partial charge is 0.315 e. The van der Waals surface area contributed by atoms with Crippen molar-refractivity contribution in [3.63, 3.8) is 0 Å². The van der Waals surface area contributed by atoms with Crippen molar-refractivity contribution in [3.8, 4) is 11.5 Å². The molecule has 0 aromatic heterocycles. The number of carbonyl (C=O) groups excluding carboxylic acids is 2. The third kappa shape index (κ3) is 4.63. The Hall–Kier alpha value is -3.41. The predicted octanol–water partition coefficient (Wildman–Crippen LogP) is 5.26. The van der Waals surface area contributed by atoms with Gasteiger partial charge in [-0.3, -0.25) is 14.6 Å². The Morgan fingerprint density at radius 2 is 1.74 bits per heavy atom. The molecule has 2 aliphatic rings. The molecule has 178 valence electrons. The van der Waals surface area contributed by atoms with E-state index in [2.05, 4.69) is 13.8 Å². The Morgan fingerprint density at radius 1 is 1.03 bits per heavy atom. The van der Waals surface area contributed by atoms with E-state index in [1.165, 1.54) is 0 Å². The number of benzene rings is 2. The van der Waals surface area contributed by atoms with Crippen LogP contribution in [0.15, 0.2) is 64.8 Å². The minimum absolute atomic E-state index is 0.0307. The predicted molar refractivity (Wildman–Crippen MR) is 130 cm³/mol. The summed E-state index contributed by atoms with van der Waals surface area (Å²) in [5.74, 6) is -0.439. The van der Waals surface area contributed by atoms with Gasteiger partial charge >= 0.3 is 5.97 Å². The van der Waals surface area contributed by atoms with Gasteiger partial charge in [-0.1, -0.05) is 50.2 Å². The molecular formula is C28H31NO5. The number of allylic oxidation sites excluding steroid dienone is 2. The number of ketones is 1. The van der Waals surface area contributed by atoms with Crippen LogP contribution < -0.4 is 9.47 Å². The van der Waals surface area contributed by atoms with Crippen molar-refractivity contribution in [1.29, 1.82) is 0 Å². The fraction of sp³-hybridized carbons (Fsp3) is 0.393. The minimum Gasteiger partial charge on any atom is -0.493 e. The lowest BCUT2D eigenvalue weighted by Crippen LogP contribution is -2.39. The quantitative estimate of drug-likeness (QED) is 0.548. The van der Waals surface area contributed by atoms with Gasteiger partial charge in [0.1, 0.15) is 12.5 Å². The van der Waals surface area contributed by atoms with Crippen LogP contribution in [0.2, 0.25) is 0 Å². The maximum absolute atomic E-state index is 13.5. The summed E-state index contributed by atoms with van der Waals surface area (Å²) in [5.41, 5.74) is 3.56. The molecule has 0 fully saturated rings. The Morgan fingerprint density at radius 3 is 2.41 bits per heavy atom. The van der Waals surface area contributed by atoms with Gasteiger partial charge in [-0.15, -0.1) is 0 Å². The molecule has 1 aliphatic heterocycles. The van der Waals surface area contributed by atoms with Crippen LogP contribution in [-0.4, -0.2) is 31.7 Å². The number of rotatable bonds is 6. The largest absolute Gasteiger partial charge is 0.493 e. The van der Waals surface area contributed by atoms with E-state index in [9.17, 15) is 9.59 Å². The maximum atomic E-state index is 13.5. The van der Waals surface area contributed by atoms with Crippen LogP contribution in [0.5, 0.6) is 11.5 Å². The standard InChI is InChI=1S/C28H31NO5/c1-17-24(27(31)34-16-18-9-7-6-8-10-18)25(19-11-12-22(32-4)23(13-19)33-5)26-20(29-17)14-28(2,3)15-21(26)30/h6-13,24-25H,14-16H2,1-5H3/t24?,25-/m0/s1. The molecule has 0 spiro atoms. The highest BCUT2D eigenvalue weighted by Gasteiger charge is 2.46. The molecule has 0 N–H and O–H groups in total. The lowest BCUT2D eigenvalue weighted by atomic mass is 9.67. The van der Waals surface area contributed by atoms with Crippen LogP contribution in [0.4, 0.5) is 0 Å². The lowest BCUT2D eigenvalue weighted by molar-refractivity contribution is -0.148. The van der Waals surface area contributed by atoms with E-state index < -0.39 is 17.8 Å². The molecule has 0 bridgehead atoms. The summed E-state index contributed by atoms with van der Waals surface area (Å²) in [6.45, 7) is 6.16. The molecule has 2 aromatic rings. The molecule has 4 rings (SSSR count). The fourth-order valence-electron chi connectivity index (χ4n) is 4.98. The maximum Gasteiger partial charge on any atom is 0.315 e. The first kappa shape index (κ1) is 23.7. The second-order valence-corrected chi connectivity index (χ2v) is 9.72. The molecular weight excluding hydrogens is 430 g/mol. The van der Waals surface area contributed by atoms with Crippen molar-refractivity contribution in [1.82, 2.24) is 0 Å². The zero-order valence-electron chi connectivity index (χ0n) is 20.4. The van der Waals surface area contributed by atoms with Crippen molar-refractivity contribution < 1.29 is 23.8 Å². The molecule has 1 unspecified atom stereocenters. The molecule has 0 radical (unpaired) electrons. The zero-order chi connectivity index (χ0) is 24.5. The summed E-state index contributed by atoms with van der Waals surface area (Å²) < 4.78 is 16.7. The van der Waals surface area contributed by atoms with E-state index >= 15 is 0 Å². The number of aliphatic imine (C=N–C) groups is 1. The van der Waals surface area contributed by atoms with E-state index in [1.54, 1.807) is 20.3 Å². The zero-order valence-corrected chi connectivity index (χ0v) is 20.4. The molecule has 34 heavy (non-hydrogen) atoms. The van der Waals surface area contributed by atoms with Crippen molar-refractivity contribution >= 4 is 17.5 Å². The van der Waals surface area contributed by atoms with Crippen LogP contribution in [0.1, 0.15) is 50.7 Å². The summed E-state index contributed by atoms with van der Waals surface area (Å²) >= 11 is 0. The van der Waals surface area contributed by atoms with Gasteiger partial charge in [-0.05, 0) is 42.0 Å². The van der Waals surface area contributed by atoms with Crippen LogP contribution in [-0.2, 0) is 20.9 Å². The second kappa shape index (κ2) is 9.45. The highest BCUT2D eigenvalue weighted by Crippen LogP contribution is 2.48. The number of ether oxygens (including phenoxy) is 3. The monoisotopic (exact) mass is 461 g/mol. The Kier molecular flexibility index (Phi) is 6.60. The highest BCUT2D eigenvalue weighted by molar-refractivity contribution is 6.09. The Labute approximate surface area is 200 Å². The Balaban J connectivity index is 1.77. The number of Topliss-reactive ketones (excluding diaryl/α,β-unsaturated/α-hetero) is 1.